The van der Waals surface area contributed by atoms with Crippen LogP contribution in [0.4, 0.5) is 0 Å². The molecule has 0 spiro atoms. The Hall–Kier alpha value is -2.21. The summed E-state index contributed by atoms with van der Waals surface area (Å²) in [7, 11) is 0. The summed E-state index contributed by atoms with van der Waals surface area (Å²) in [5.41, 5.74) is 1.75. The zero-order valence-corrected chi connectivity index (χ0v) is 15.2. The van der Waals surface area contributed by atoms with Crippen molar-refractivity contribution in [2.75, 3.05) is 13.1 Å². The number of rotatable bonds is 5. The molecule has 1 N–H and O–H groups in total. The minimum Gasteiger partial charge on any atom is -0.435 e. The fourth-order valence-corrected chi connectivity index (χ4v) is 3.08. The first-order valence-electron chi connectivity index (χ1n) is 8.93. The smallest absolute Gasteiger partial charge is 0.289 e. The summed E-state index contributed by atoms with van der Waals surface area (Å²) in [6, 6.07) is 6.17. The van der Waals surface area contributed by atoms with Gasteiger partial charge in [0.15, 0.2) is 5.89 Å². The summed E-state index contributed by atoms with van der Waals surface area (Å²) in [5.74, 6) is 0.989. The van der Waals surface area contributed by atoms with E-state index in [0.717, 1.165) is 38.2 Å². The number of oxazole rings is 1. The van der Waals surface area contributed by atoms with E-state index in [1.165, 1.54) is 0 Å². The molecule has 1 aliphatic rings. The Morgan fingerprint density at radius 2 is 2.12 bits per heavy atom. The van der Waals surface area contributed by atoms with Gasteiger partial charge in [0.05, 0.1) is 11.4 Å². The van der Waals surface area contributed by atoms with Crippen molar-refractivity contribution < 1.29 is 9.21 Å². The zero-order valence-electron chi connectivity index (χ0n) is 15.2. The molecule has 6 heteroatoms. The molecule has 2 aromatic heterocycles. The van der Waals surface area contributed by atoms with Crippen LogP contribution in [-0.4, -0.2) is 39.9 Å². The number of likely N-dealkylation sites (tertiary alicyclic amines) is 1. The summed E-state index contributed by atoms with van der Waals surface area (Å²) in [6.07, 6.45) is 3.69. The van der Waals surface area contributed by atoms with Crippen molar-refractivity contribution >= 4 is 5.91 Å². The standard InChI is InChI=1S/C19H26N4O2/c1-13(2)19-21-14(3)17(25-19)18(24)22-15-7-10-23(11-8-15)12-16-6-4-5-9-20-16/h4-6,9,13,15H,7-8,10-12H2,1-3H3,(H,22,24). The maximum Gasteiger partial charge on any atom is 0.289 e. The minimum absolute atomic E-state index is 0.153. The number of aryl methyl sites for hydroxylation is 1. The fraction of sp³-hybridized carbons (Fsp3) is 0.526. The Labute approximate surface area is 148 Å². The van der Waals surface area contributed by atoms with Gasteiger partial charge in [-0.1, -0.05) is 19.9 Å². The van der Waals surface area contributed by atoms with E-state index in [0.29, 0.717) is 17.3 Å². The lowest BCUT2D eigenvalue weighted by Crippen LogP contribution is -2.44. The Morgan fingerprint density at radius 1 is 1.36 bits per heavy atom. The van der Waals surface area contributed by atoms with Crippen LogP contribution in [0.5, 0.6) is 0 Å². The van der Waals surface area contributed by atoms with Crippen LogP contribution < -0.4 is 5.32 Å². The largest absolute Gasteiger partial charge is 0.435 e. The van der Waals surface area contributed by atoms with Gasteiger partial charge in [-0.2, -0.15) is 0 Å². The molecule has 0 aromatic carbocycles. The van der Waals surface area contributed by atoms with Crippen molar-refractivity contribution in [2.24, 2.45) is 0 Å². The molecule has 0 radical (unpaired) electrons. The number of nitrogens with one attached hydrogen (secondary N) is 1. The molecular formula is C19H26N4O2. The molecule has 3 heterocycles. The average molecular weight is 342 g/mol. The maximum absolute atomic E-state index is 12.5. The number of pyridine rings is 1. The lowest BCUT2D eigenvalue weighted by atomic mass is 10.0. The lowest BCUT2D eigenvalue weighted by molar-refractivity contribution is 0.0877. The first kappa shape index (κ1) is 17.6. The molecule has 1 amide bonds. The van der Waals surface area contributed by atoms with Crippen molar-refractivity contribution in [1.82, 2.24) is 20.2 Å². The van der Waals surface area contributed by atoms with Crippen LogP contribution in [0.1, 0.15) is 60.4 Å². The van der Waals surface area contributed by atoms with Gasteiger partial charge in [-0.15, -0.1) is 0 Å². The molecule has 25 heavy (non-hydrogen) atoms. The van der Waals surface area contributed by atoms with Gasteiger partial charge in [-0.05, 0) is 31.9 Å². The normalized spacial score (nSPS) is 16.3. The number of hydrogen-bond acceptors (Lipinski definition) is 5. The summed E-state index contributed by atoms with van der Waals surface area (Å²) in [6.45, 7) is 8.59. The van der Waals surface area contributed by atoms with Crippen LogP contribution in [0.25, 0.3) is 0 Å². The van der Waals surface area contributed by atoms with Crippen LogP contribution in [0.2, 0.25) is 0 Å². The number of amides is 1. The molecule has 0 saturated carbocycles. The first-order chi connectivity index (χ1) is 12.0. The highest BCUT2D eigenvalue weighted by Gasteiger charge is 2.24. The van der Waals surface area contributed by atoms with Gasteiger partial charge in [0.1, 0.15) is 0 Å². The first-order valence-corrected chi connectivity index (χ1v) is 8.93. The van der Waals surface area contributed by atoms with E-state index < -0.39 is 0 Å². The second kappa shape index (κ2) is 7.78. The SMILES string of the molecule is Cc1nc(C(C)C)oc1C(=O)NC1CCN(Cc2ccccn2)CC1. The summed E-state index contributed by atoms with van der Waals surface area (Å²) < 4.78 is 5.64. The minimum atomic E-state index is -0.153. The summed E-state index contributed by atoms with van der Waals surface area (Å²) in [4.78, 5) is 23.6. The molecule has 1 fully saturated rings. The van der Waals surface area contributed by atoms with Crippen LogP contribution in [0.3, 0.4) is 0 Å². The van der Waals surface area contributed by atoms with Gasteiger partial charge < -0.3 is 9.73 Å². The van der Waals surface area contributed by atoms with Crippen molar-refractivity contribution in [3.05, 3.63) is 47.4 Å². The molecule has 6 nitrogen and oxygen atoms in total. The van der Waals surface area contributed by atoms with Gasteiger partial charge in [-0.25, -0.2) is 4.98 Å². The number of carbonyl (C=O) groups is 1. The summed E-state index contributed by atoms with van der Waals surface area (Å²) >= 11 is 0. The third kappa shape index (κ3) is 4.45. The summed E-state index contributed by atoms with van der Waals surface area (Å²) in [5, 5.41) is 3.10. The van der Waals surface area contributed by atoms with E-state index in [4.69, 9.17) is 4.42 Å². The van der Waals surface area contributed by atoms with Gasteiger partial charge >= 0.3 is 0 Å². The van der Waals surface area contributed by atoms with Crippen molar-refractivity contribution in [3.8, 4) is 0 Å². The highest BCUT2D eigenvalue weighted by molar-refractivity contribution is 5.92. The topological polar surface area (TPSA) is 71.3 Å². The highest BCUT2D eigenvalue weighted by Crippen LogP contribution is 2.19. The average Bonchev–Trinajstić information content (AvgIpc) is 3.00. The third-order valence-corrected chi connectivity index (χ3v) is 4.55. The number of aromatic nitrogens is 2. The predicted molar refractivity (Wildman–Crippen MR) is 95.3 cm³/mol. The molecule has 1 saturated heterocycles. The van der Waals surface area contributed by atoms with E-state index in [-0.39, 0.29) is 17.9 Å². The molecule has 1 aliphatic heterocycles. The molecule has 2 aromatic rings. The number of nitrogens with zero attached hydrogens (tertiary/aromatic N) is 3. The van der Waals surface area contributed by atoms with E-state index >= 15 is 0 Å². The molecule has 0 aliphatic carbocycles. The third-order valence-electron chi connectivity index (χ3n) is 4.55. The fourth-order valence-electron chi connectivity index (χ4n) is 3.08. The molecule has 0 bridgehead atoms. The Kier molecular flexibility index (Phi) is 5.48. The van der Waals surface area contributed by atoms with Gasteiger partial charge in [0.2, 0.25) is 5.76 Å². The van der Waals surface area contributed by atoms with Crippen LogP contribution in [0.15, 0.2) is 28.8 Å². The monoisotopic (exact) mass is 342 g/mol. The lowest BCUT2D eigenvalue weighted by Gasteiger charge is -2.31. The van der Waals surface area contributed by atoms with Crippen LogP contribution >= 0.6 is 0 Å². The molecule has 134 valence electrons. The van der Waals surface area contributed by atoms with Crippen molar-refractivity contribution in [2.45, 2.75) is 52.1 Å². The Morgan fingerprint density at radius 3 is 2.72 bits per heavy atom. The van der Waals surface area contributed by atoms with E-state index in [2.05, 4.69) is 20.2 Å². The van der Waals surface area contributed by atoms with E-state index in [1.54, 1.807) is 0 Å². The molecule has 0 atom stereocenters. The molecular weight excluding hydrogens is 316 g/mol. The number of hydrogen-bond donors (Lipinski definition) is 1. The second-order valence-electron chi connectivity index (χ2n) is 6.97. The maximum atomic E-state index is 12.5. The van der Waals surface area contributed by atoms with E-state index in [9.17, 15) is 4.79 Å². The molecule has 0 unspecified atom stereocenters. The quantitative estimate of drug-likeness (QED) is 0.904. The van der Waals surface area contributed by atoms with Gasteiger partial charge in [0, 0.05) is 37.8 Å². The zero-order chi connectivity index (χ0) is 17.8. The number of carbonyl (C=O) groups excluding carboxylic acids is 1. The Bertz CT molecular complexity index is 703. The van der Waals surface area contributed by atoms with Crippen molar-refractivity contribution in [3.63, 3.8) is 0 Å². The second-order valence-corrected chi connectivity index (χ2v) is 6.97. The van der Waals surface area contributed by atoms with Crippen molar-refractivity contribution in [1.29, 1.82) is 0 Å². The van der Waals surface area contributed by atoms with E-state index in [1.807, 2.05) is 45.2 Å². The van der Waals surface area contributed by atoms with Crippen LogP contribution in [0, 0.1) is 6.92 Å². The van der Waals surface area contributed by atoms with Gasteiger partial charge in [0.25, 0.3) is 5.91 Å². The highest BCUT2D eigenvalue weighted by atomic mass is 16.4. The number of piperidine rings is 1. The van der Waals surface area contributed by atoms with Crippen LogP contribution in [-0.2, 0) is 6.54 Å². The van der Waals surface area contributed by atoms with Gasteiger partial charge in [-0.3, -0.25) is 14.7 Å². The Balaban J connectivity index is 1.51. The molecule has 3 rings (SSSR count). The predicted octanol–water partition coefficient (Wildman–Crippen LogP) is 2.90.